The largest absolute Gasteiger partial charge is 0.490 e. The highest BCUT2D eigenvalue weighted by molar-refractivity contribution is 5.92. The summed E-state index contributed by atoms with van der Waals surface area (Å²) in [7, 11) is 0. The van der Waals surface area contributed by atoms with Gasteiger partial charge in [-0.15, -0.1) is 0 Å². The van der Waals surface area contributed by atoms with Gasteiger partial charge in [0.25, 0.3) is 0 Å². The van der Waals surface area contributed by atoms with Crippen LogP contribution in [-0.4, -0.2) is 30.8 Å². The van der Waals surface area contributed by atoms with Crippen LogP contribution in [0.2, 0.25) is 0 Å². The highest BCUT2D eigenvalue weighted by atomic mass is 19.4. The summed E-state index contributed by atoms with van der Waals surface area (Å²) in [6.07, 6.45) is -4.42. The molecule has 5 nitrogen and oxygen atoms in total. The summed E-state index contributed by atoms with van der Waals surface area (Å²) in [5.74, 6) is -2.92. The second-order valence-electron chi connectivity index (χ2n) is 8.66. The zero-order valence-electron chi connectivity index (χ0n) is 21.3. The van der Waals surface area contributed by atoms with Crippen LogP contribution < -0.4 is 9.47 Å². The van der Waals surface area contributed by atoms with Crippen LogP contribution in [0, 0.1) is 5.82 Å². The summed E-state index contributed by atoms with van der Waals surface area (Å²) < 4.78 is 69.5. The lowest BCUT2D eigenvalue weighted by Gasteiger charge is -2.20. The first-order valence-corrected chi connectivity index (χ1v) is 12.4. The second kappa shape index (κ2) is 13.6. The number of rotatable bonds is 12. The maximum absolute atomic E-state index is 14.6. The Hall–Kier alpha value is -4.14. The van der Waals surface area contributed by atoms with Crippen molar-refractivity contribution in [3.8, 4) is 22.6 Å². The molecule has 1 atom stereocenters. The number of carbonyl (C=O) groups excluding carboxylic acids is 2. The number of esters is 2. The molecule has 9 heteroatoms. The lowest BCUT2D eigenvalue weighted by atomic mass is 10.0. The predicted molar refractivity (Wildman–Crippen MR) is 138 cm³/mol. The Morgan fingerprint density at radius 2 is 1.51 bits per heavy atom. The first kappa shape index (κ1) is 29.4. The third-order valence-electron chi connectivity index (χ3n) is 5.73. The molecule has 0 spiro atoms. The fourth-order valence-electron chi connectivity index (χ4n) is 3.65. The number of ether oxygens (including phenoxy) is 3. The average Bonchev–Trinajstić information content (AvgIpc) is 2.91. The van der Waals surface area contributed by atoms with Gasteiger partial charge in [-0.05, 0) is 60.4 Å². The number of hydrogen-bond donors (Lipinski definition) is 0. The van der Waals surface area contributed by atoms with Crippen molar-refractivity contribution in [1.29, 1.82) is 0 Å². The van der Waals surface area contributed by atoms with Gasteiger partial charge in [-0.25, -0.2) is 14.0 Å². The van der Waals surface area contributed by atoms with Crippen molar-refractivity contribution in [3.05, 3.63) is 96.3 Å². The van der Waals surface area contributed by atoms with Gasteiger partial charge in [-0.1, -0.05) is 56.7 Å². The van der Waals surface area contributed by atoms with Crippen LogP contribution in [0.15, 0.2) is 79.4 Å². The van der Waals surface area contributed by atoms with Gasteiger partial charge in [0.05, 0.1) is 11.1 Å². The predicted octanol–water partition coefficient (Wildman–Crippen LogP) is 7.94. The zero-order chi connectivity index (χ0) is 28.4. The Labute approximate surface area is 224 Å². The van der Waals surface area contributed by atoms with Crippen LogP contribution in [0.3, 0.4) is 0 Å². The molecule has 0 radical (unpaired) electrons. The van der Waals surface area contributed by atoms with Gasteiger partial charge in [-0.2, -0.15) is 13.2 Å². The quantitative estimate of drug-likeness (QED) is 0.0762. The Balaban J connectivity index is 1.63. The highest BCUT2D eigenvalue weighted by Gasteiger charge is 2.42. The van der Waals surface area contributed by atoms with Gasteiger partial charge >= 0.3 is 18.1 Å². The minimum atomic E-state index is -4.77. The molecule has 0 aliphatic carbocycles. The van der Waals surface area contributed by atoms with Crippen LogP contribution in [-0.2, 0) is 4.74 Å². The number of hydrogen-bond acceptors (Lipinski definition) is 5. The topological polar surface area (TPSA) is 61.8 Å². The molecule has 0 heterocycles. The first-order chi connectivity index (χ1) is 18.6. The van der Waals surface area contributed by atoms with Crippen molar-refractivity contribution in [2.24, 2.45) is 0 Å². The number of halogens is 4. The van der Waals surface area contributed by atoms with Gasteiger partial charge in [0, 0.05) is 6.07 Å². The summed E-state index contributed by atoms with van der Waals surface area (Å²) in [5, 5.41) is 0. The standard InChI is InChI=1S/C30H28F4O5/c1-3-5-6-7-27(30(32,33)34)39-29(36)25-17-16-24(19-26(25)31)38-28(35)22-10-8-20(9-11-22)21-12-14-23(15-13-21)37-18-4-2/h4,8-17,19,27H,2-3,5-7,18H2,1H3. The van der Waals surface area contributed by atoms with E-state index < -0.39 is 42.0 Å². The van der Waals surface area contributed by atoms with Gasteiger partial charge in [-0.3, -0.25) is 0 Å². The van der Waals surface area contributed by atoms with E-state index >= 15 is 0 Å². The number of carbonyl (C=O) groups is 2. The lowest BCUT2D eigenvalue weighted by molar-refractivity contribution is -0.206. The van der Waals surface area contributed by atoms with Crippen molar-refractivity contribution >= 4 is 11.9 Å². The Bertz CT molecular complexity index is 1270. The first-order valence-electron chi connectivity index (χ1n) is 12.4. The maximum atomic E-state index is 14.6. The van der Waals surface area contributed by atoms with Gasteiger partial charge in [0.15, 0.2) is 6.10 Å². The SMILES string of the molecule is C=CCOc1ccc(-c2ccc(C(=O)Oc3ccc(C(=O)OC(CCCCC)C(F)(F)F)c(F)c3)cc2)cc1. The normalized spacial score (nSPS) is 11.9. The molecule has 0 N–H and O–H groups in total. The molecule has 3 rings (SSSR count). The number of unbranched alkanes of at least 4 members (excludes halogenated alkanes) is 2. The van der Waals surface area contributed by atoms with E-state index in [-0.39, 0.29) is 17.7 Å². The van der Waals surface area contributed by atoms with Gasteiger partial charge in [0.2, 0.25) is 0 Å². The highest BCUT2D eigenvalue weighted by Crippen LogP contribution is 2.29. The molecular weight excluding hydrogens is 516 g/mol. The maximum Gasteiger partial charge on any atom is 0.425 e. The fourth-order valence-corrected chi connectivity index (χ4v) is 3.65. The average molecular weight is 545 g/mol. The van der Waals surface area contributed by atoms with Gasteiger partial charge < -0.3 is 14.2 Å². The smallest absolute Gasteiger partial charge is 0.425 e. The van der Waals surface area contributed by atoms with Crippen LogP contribution in [0.5, 0.6) is 11.5 Å². The van der Waals surface area contributed by atoms with E-state index in [1.165, 1.54) is 12.1 Å². The Morgan fingerprint density at radius 1 is 0.897 bits per heavy atom. The van der Waals surface area contributed by atoms with Crippen molar-refractivity contribution in [2.45, 2.75) is 44.9 Å². The van der Waals surface area contributed by atoms with Gasteiger partial charge in [0.1, 0.15) is 23.9 Å². The number of alkyl halides is 3. The van der Waals surface area contributed by atoms with Crippen LogP contribution in [0.1, 0.15) is 53.3 Å². The molecule has 0 aliphatic heterocycles. The molecule has 0 bridgehead atoms. The molecule has 39 heavy (non-hydrogen) atoms. The molecule has 1 unspecified atom stereocenters. The number of benzene rings is 3. The van der Waals surface area contributed by atoms with E-state index in [4.69, 9.17) is 9.47 Å². The van der Waals surface area contributed by atoms with E-state index in [1.54, 1.807) is 18.2 Å². The van der Waals surface area contributed by atoms with Crippen molar-refractivity contribution in [2.75, 3.05) is 6.61 Å². The van der Waals surface area contributed by atoms with Crippen molar-refractivity contribution < 1.29 is 41.4 Å². The van der Waals surface area contributed by atoms with E-state index in [0.717, 1.165) is 29.3 Å². The molecule has 0 aromatic heterocycles. The molecule has 0 saturated heterocycles. The van der Waals surface area contributed by atoms with Crippen LogP contribution in [0.4, 0.5) is 17.6 Å². The van der Waals surface area contributed by atoms with Crippen molar-refractivity contribution in [3.63, 3.8) is 0 Å². The second-order valence-corrected chi connectivity index (χ2v) is 8.66. The van der Waals surface area contributed by atoms with Crippen LogP contribution >= 0.6 is 0 Å². The molecule has 0 fully saturated rings. The van der Waals surface area contributed by atoms with Crippen molar-refractivity contribution in [1.82, 2.24) is 0 Å². The van der Waals surface area contributed by atoms with Crippen LogP contribution in [0.25, 0.3) is 11.1 Å². The third-order valence-corrected chi connectivity index (χ3v) is 5.73. The molecule has 206 valence electrons. The summed E-state index contributed by atoms with van der Waals surface area (Å²) in [6.45, 7) is 5.82. The summed E-state index contributed by atoms with van der Waals surface area (Å²) >= 11 is 0. The fraction of sp³-hybridized carbons (Fsp3) is 0.267. The summed E-state index contributed by atoms with van der Waals surface area (Å²) in [4.78, 5) is 24.8. The lowest BCUT2D eigenvalue weighted by Crippen LogP contribution is -2.34. The molecule has 3 aromatic rings. The minimum Gasteiger partial charge on any atom is -0.490 e. The summed E-state index contributed by atoms with van der Waals surface area (Å²) in [5.41, 5.74) is 1.23. The van der Waals surface area contributed by atoms with E-state index in [0.29, 0.717) is 25.2 Å². The molecule has 3 aromatic carbocycles. The minimum absolute atomic E-state index is 0.189. The summed E-state index contributed by atoms with van der Waals surface area (Å²) in [6, 6.07) is 16.6. The molecule has 0 amide bonds. The van der Waals surface area contributed by atoms with E-state index in [1.807, 2.05) is 31.2 Å². The Morgan fingerprint density at radius 3 is 2.08 bits per heavy atom. The third kappa shape index (κ3) is 8.43. The molecule has 0 saturated carbocycles. The van der Waals surface area contributed by atoms with E-state index in [9.17, 15) is 27.2 Å². The molecular formula is C30H28F4O5. The zero-order valence-corrected chi connectivity index (χ0v) is 21.3. The van der Waals surface area contributed by atoms with E-state index in [2.05, 4.69) is 11.3 Å². The Kier molecular flexibility index (Phi) is 10.3. The monoisotopic (exact) mass is 544 g/mol. The molecule has 0 aliphatic rings.